The molecule has 8 aromatic heterocycles. The van der Waals surface area contributed by atoms with Crippen molar-refractivity contribution in [2.75, 3.05) is 51.6 Å². The van der Waals surface area contributed by atoms with Gasteiger partial charge >= 0.3 is 55.9 Å². The van der Waals surface area contributed by atoms with Gasteiger partial charge in [-0.3, -0.25) is 33.6 Å². The molecule has 38 nitrogen and oxygen atoms in total. The first-order valence-electron chi connectivity index (χ1n) is 47.7. The fourth-order valence-electron chi connectivity index (χ4n) is 19.9. The lowest BCUT2D eigenvalue weighted by Gasteiger charge is -2.35. The van der Waals surface area contributed by atoms with Crippen LogP contribution in [0.1, 0.15) is 183 Å². The van der Waals surface area contributed by atoms with Crippen molar-refractivity contribution in [3.05, 3.63) is 227 Å². The number of nitrogens with zero attached hydrogens (tertiary/aromatic N) is 8. The van der Waals surface area contributed by atoms with Crippen LogP contribution in [0, 0.1) is 0 Å². The first-order chi connectivity index (χ1) is 70.3. The minimum absolute atomic E-state index is 0.0601. The van der Waals surface area contributed by atoms with E-state index in [0.717, 1.165) is 89.0 Å². The second-order valence-corrected chi connectivity index (χ2v) is 36.9. The number of hydrogen-bond acceptors (Lipinski definition) is 33. The number of halogens is 4. The average Bonchev–Trinajstić information content (AvgIpc) is 1.46. The lowest BCUT2D eigenvalue weighted by atomic mass is 9.85. The van der Waals surface area contributed by atoms with E-state index in [1.807, 2.05) is 57.2 Å². The topological polar surface area (TPSA) is 517 Å². The number of hydrogen-bond donors (Lipinski definition) is 9. The molecule has 12 aromatic rings. The minimum atomic E-state index is -1.83. The van der Waals surface area contributed by atoms with Gasteiger partial charge in [0, 0.05) is 86.7 Å². The van der Waals surface area contributed by atoms with Gasteiger partial charge in [-0.25, -0.2) is 39.1 Å². The number of aliphatic carboxylic acids is 1. The predicted octanol–water partition coefficient (Wildman–Crippen LogP) is 11.8. The van der Waals surface area contributed by atoms with Gasteiger partial charge in [-0.15, -0.1) is 46.4 Å². The van der Waals surface area contributed by atoms with E-state index in [0.29, 0.717) is 147 Å². The highest BCUT2D eigenvalue weighted by Gasteiger charge is 2.54. The van der Waals surface area contributed by atoms with Gasteiger partial charge in [0.25, 0.3) is 22.2 Å². The normalized spacial score (nSPS) is 17.4. The molecule has 16 heterocycles. The van der Waals surface area contributed by atoms with Crippen LogP contribution in [0.5, 0.6) is 23.0 Å². The number of pyridine rings is 8. The molecule has 0 saturated carbocycles. The standard InChI is InChI=1S/C27H30BN3O8.C25H24N2O6.C24H24N2O6.C22H20N2O5.C3H8BNO3.2CH2Cl2/c1-5-16-17-9-15(38-14-36-4)7-8-21(17)30-24-18(16)12-31-22(24)10-20-19(25(31)33)13-37-26(34)27(20,6-2)39-23(32)11-29-28(3)35;1-4-14-15-9-13(28)7-8-19(15)26-22-16(14)11-27-20(22)10-18-17(23(27)30)12-32-24(31)25(18,6-3)33-21(29)5-2;1-4-14-15-8-13(32-12-30-3)6-7-19(15)25-21-16(14)10-26-20(21)9-18-17(22(26)27)11-31-23(28)24(18,29)5-2;1-3-12-13-7-11(25)5-6-17(13)23-19-14(12)9-24-18(19)8-16-15(20(24)26)10-29-21(27)22(16,28)4-2;1-4(8)5-2-3(6)7;2*2-1-3/h7-10,29,35H,5-6,11-14H2,1-4H3;7-10,28H,4-6,11-12H2,1-3H3;6-9,29H,4-5,10-12H2,1-3H3;5-8,25,28H,3-4,9-10H2,1-2H3;5,8H,2H2,1H3,(H,6,7);2*1H2/t27-;25-;24-;22-;;;/m0000.../s1. The molecule has 0 aliphatic carbocycles. The van der Waals surface area contributed by atoms with Crippen LogP contribution in [0.3, 0.4) is 0 Å². The first-order valence-corrected chi connectivity index (χ1v) is 49.9. The fourth-order valence-corrected chi connectivity index (χ4v) is 19.9. The number of phenols is 2. The maximum atomic E-state index is 13.8. The van der Waals surface area contributed by atoms with Crippen molar-refractivity contribution in [3.63, 3.8) is 0 Å². The van der Waals surface area contributed by atoms with Crippen molar-refractivity contribution < 1.29 is 117 Å². The summed E-state index contributed by atoms with van der Waals surface area (Å²) in [7, 11) is 1.44. The molecule has 8 aliphatic rings. The van der Waals surface area contributed by atoms with Crippen molar-refractivity contribution in [1.82, 2.24) is 48.7 Å². The number of nitrogens with one attached hydrogen (secondary N) is 2. The van der Waals surface area contributed by atoms with Gasteiger partial charge in [-0.1, -0.05) is 62.3 Å². The number of carbonyl (C=O) groups excluding carboxylic acids is 6. The number of phenolic OH excluding ortho intramolecular Hbond substituents is 2. The van der Waals surface area contributed by atoms with Gasteiger partial charge in [0.15, 0.2) is 24.8 Å². The summed E-state index contributed by atoms with van der Waals surface area (Å²) in [5.74, 6) is -3.47. The van der Waals surface area contributed by atoms with Crippen LogP contribution >= 0.6 is 46.4 Å². The summed E-state index contributed by atoms with van der Waals surface area (Å²) < 4.78 is 60.1. The Bertz CT molecular complexity index is 7550. The fraction of sp³-hybridized carbons (Fsp3) is 0.388. The molecule has 44 heteroatoms. The van der Waals surface area contributed by atoms with Crippen LogP contribution in [-0.2, 0) is 172 Å². The van der Waals surface area contributed by atoms with Gasteiger partial charge in [-0.05, 0) is 184 Å². The Labute approximate surface area is 862 Å². The Kier molecular flexibility index (Phi) is 34.0. The molecule has 0 unspecified atom stereocenters. The summed E-state index contributed by atoms with van der Waals surface area (Å²) in [6, 6.07) is 28.3. The van der Waals surface area contributed by atoms with Crippen LogP contribution in [0.4, 0.5) is 0 Å². The number of carbonyl (C=O) groups is 7. The second kappa shape index (κ2) is 45.6. The Morgan fingerprint density at radius 2 is 0.687 bits per heavy atom. The molecule has 0 radical (unpaired) electrons. The Balaban J connectivity index is 0.000000149. The highest BCUT2D eigenvalue weighted by Crippen LogP contribution is 2.49. The summed E-state index contributed by atoms with van der Waals surface area (Å²) in [5, 5.41) is 76.6. The summed E-state index contributed by atoms with van der Waals surface area (Å²) in [5.41, 5.74) is 10.2. The molecule has 0 fully saturated rings. The van der Waals surface area contributed by atoms with Crippen LogP contribution < -0.4 is 42.2 Å². The molecule has 8 aliphatic heterocycles. The third kappa shape index (κ3) is 20.5. The molecule has 0 saturated heterocycles. The maximum Gasteiger partial charge on any atom is 0.374 e. The summed E-state index contributed by atoms with van der Waals surface area (Å²) >= 11 is 19.1. The monoisotopic (exact) mass is 2100 g/mol. The third-order valence-corrected chi connectivity index (χ3v) is 27.1. The number of aromatic nitrogens is 8. The summed E-state index contributed by atoms with van der Waals surface area (Å²) in [6.07, 6.45) is 3.38. The van der Waals surface area contributed by atoms with Gasteiger partial charge < -0.3 is 112 Å². The zero-order chi connectivity index (χ0) is 106. The van der Waals surface area contributed by atoms with Gasteiger partial charge in [-0.2, -0.15) is 0 Å². The zero-order valence-electron chi connectivity index (χ0n) is 82.9. The molecule has 20 rings (SSSR count). The van der Waals surface area contributed by atoms with Crippen LogP contribution in [0.15, 0.2) is 116 Å². The van der Waals surface area contributed by atoms with E-state index in [1.165, 1.54) is 13.6 Å². The van der Waals surface area contributed by atoms with Crippen LogP contribution in [0.2, 0.25) is 13.6 Å². The number of aryl methyl sites for hydroxylation is 4. The van der Waals surface area contributed by atoms with Crippen molar-refractivity contribution in [3.8, 4) is 68.5 Å². The first kappa shape index (κ1) is 109. The van der Waals surface area contributed by atoms with Crippen molar-refractivity contribution >= 4 is 146 Å². The molecule has 9 N–H and O–H groups in total. The van der Waals surface area contributed by atoms with Gasteiger partial charge in [0.1, 0.15) is 49.4 Å². The average molecular weight is 2100 g/mol. The third-order valence-electron chi connectivity index (χ3n) is 27.1. The number of esters is 6. The highest BCUT2D eigenvalue weighted by atomic mass is 35.5. The Morgan fingerprint density at radius 1 is 0.401 bits per heavy atom. The molecule has 147 heavy (non-hydrogen) atoms. The quantitative estimate of drug-likeness (QED) is 0.00944. The number of fused-ring (bicyclic) bond motifs is 20. The number of aliphatic hydroxyl groups is 2. The summed E-state index contributed by atoms with van der Waals surface area (Å²) in [4.78, 5) is 158. The lowest BCUT2D eigenvalue weighted by molar-refractivity contribution is -0.189. The van der Waals surface area contributed by atoms with Crippen molar-refractivity contribution in [1.29, 1.82) is 0 Å². The molecule has 0 spiro atoms. The number of rotatable bonds is 23. The number of carboxylic acid groups (broad SMARTS) is 1. The van der Waals surface area contributed by atoms with Gasteiger partial charge in [0.05, 0.1) is 140 Å². The van der Waals surface area contributed by atoms with E-state index >= 15 is 0 Å². The van der Waals surface area contributed by atoms with Crippen molar-refractivity contribution in [2.24, 2.45) is 0 Å². The largest absolute Gasteiger partial charge is 0.508 e. The zero-order valence-corrected chi connectivity index (χ0v) is 86.0. The lowest BCUT2D eigenvalue weighted by Crippen LogP contribution is -2.49. The number of benzene rings is 4. The van der Waals surface area contributed by atoms with E-state index < -0.39 is 78.3 Å². The molecule has 4 aromatic carbocycles. The minimum Gasteiger partial charge on any atom is -0.508 e. The molecular weight excluding hydrogens is 1990 g/mol. The summed E-state index contributed by atoms with van der Waals surface area (Å²) in [6.45, 7) is 20.0. The smallest absolute Gasteiger partial charge is 0.374 e. The van der Waals surface area contributed by atoms with Gasteiger partial charge in [0.2, 0.25) is 11.2 Å². The predicted molar refractivity (Wildman–Crippen MR) is 546 cm³/mol. The van der Waals surface area contributed by atoms with Crippen molar-refractivity contribution in [2.45, 2.75) is 209 Å². The van der Waals surface area contributed by atoms with E-state index in [1.54, 1.807) is 128 Å². The molecule has 4 atom stereocenters. The Morgan fingerprint density at radius 3 is 0.966 bits per heavy atom. The number of cyclic esters (lactones) is 4. The second-order valence-electron chi connectivity index (χ2n) is 35.3. The van der Waals surface area contributed by atoms with E-state index in [2.05, 4.69) is 17.4 Å². The number of methoxy groups -OCH3 is 2. The maximum absolute atomic E-state index is 13.8. The van der Waals surface area contributed by atoms with E-state index in [4.69, 9.17) is 124 Å². The number of aromatic hydroxyl groups is 2. The number of ether oxygens (including phenoxy) is 10. The molecule has 0 bridgehead atoms. The molecule has 0 amide bonds. The van der Waals surface area contributed by atoms with E-state index in [-0.39, 0.29) is 135 Å². The van der Waals surface area contributed by atoms with Crippen LogP contribution in [0.25, 0.3) is 89.2 Å². The SMILES string of the molecule is CB(O)NCC(=O)O.CCC(=O)O[C@]1(CC)C(=O)OCc2c1cc1n(c2=O)Cc2c-1nc1ccc(O)cc1c2CC.CCc1c2c(nc3ccc(O)cc13)-c1cc3c(c(=O)n1C2)COC(=O)[C@]3(O)CC.CCc1c2c(nc3ccc(OCOC)cc13)-c1cc3c(c(=O)n1C2)COC(=O)[C@@]3(CC)OC(=O)CNB(C)O.CCc1c2c(nc3ccc(OCOC)cc13)-c1cc3c(c(=O)n1C2)COC(=O)[C@]3(O)CC.ClCCl.ClCCl. The van der Waals surface area contributed by atoms with Crippen LogP contribution in [-0.4, -0.2) is 181 Å². The number of carboxylic acids is 1. The molecular formula is C103H110B2Cl4N10O28. The van der Waals surface area contributed by atoms with E-state index in [9.17, 15) is 78.2 Å². The highest BCUT2D eigenvalue weighted by molar-refractivity contribution is 6.46. The number of alkyl halides is 4. The Hall–Kier alpha value is -13.2. The molecule has 774 valence electrons.